The van der Waals surface area contributed by atoms with Gasteiger partial charge in [-0.2, -0.15) is 0 Å². The van der Waals surface area contributed by atoms with Crippen molar-refractivity contribution in [3.63, 3.8) is 0 Å². The molecule has 0 bridgehead atoms. The highest BCUT2D eigenvalue weighted by Crippen LogP contribution is 2.60. The fourth-order valence-corrected chi connectivity index (χ4v) is 5.67. The predicted molar refractivity (Wildman–Crippen MR) is 92.9 cm³/mol. The van der Waals surface area contributed by atoms with E-state index in [0.29, 0.717) is 0 Å². The molecule has 0 N–H and O–H groups in total. The van der Waals surface area contributed by atoms with Gasteiger partial charge in [-0.05, 0) is 19.4 Å². The summed E-state index contributed by atoms with van der Waals surface area (Å²) in [5, 5.41) is -0.107. The van der Waals surface area contributed by atoms with Crippen LogP contribution in [0.5, 0.6) is 0 Å². The van der Waals surface area contributed by atoms with Crippen molar-refractivity contribution in [3.8, 4) is 0 Å². The number of thioether (sulfide) groups is 1. The van der Waals surface area contributed by atoms with Gasteiger partial charge in [-0.3, -0.25) is 4.79 Å². The molecule has 7 heteroatoms. The van der Waals surface area contributed by atoms with Crippen LogP contribution in [0, 0.1) is 0 Å². The van der Waals surface area contributed by atoms with Crippen molar-refractivity contribution in [1.29, 1.82) is 0 Å². The zero-order valence-corrected chi connectivity index (χ0v) is 16.1. The second-order valence-electron chi connectivity index (χ2n) is 5.90. The van der Waals surface area contributed by atoms with Crippen molar-refractivity contribution in [2.75, 3.05) is 0 Å². The van der Waals surface area contributed by atoms with Crippen LogP contribution in [0.1, 0.15) is 19.4 Å². The summed E-state index contributed by atoms with van der Waals surface area (Å²) in [7, 11) is 0. The molecule has 22 heavy (non-hydrogen) atoms. The third kappa shape index (κ3) is 2.51. The summed E-state index contributed by atoms with van der Waals surface area (Å²) in [4.78, 5) is 26.4. The van der Waals surface area contributed by atoms with Gasteiger partial charge in [0.25, 0.3) is 5.91 Å². The predicted octanol–water partition coefficient (Wildman–Crippen LogP) is 3.28. The molecule has 1 unspecified atom stereocenters. The molecule has 2 aliphatic rings. The molecule has 3 rings (SSSR count). The number of esters is 1. The fraction of sp³-hybridized carbons (Fsp3) is 0.467. The van der Waals surface area contributed by atoms with Gasteiger partial charge in [0.15, 0.2) is 3.23 Å². The Kier molecular flexibility index (Phi) is 4.10. The molecule has 2 heterocycles. The van der Waals surface area contributed by atoms with Crippen LogP contribution in [0.2, 0.25) is 0 Å². The van der Waals surface area contributed by atoms with E-state index >= 15 is 0 Å². The van der Waals surface area contributed by atoms with Crippen molar-refractivity contribution in [1.82, 2.24) is 4.90 Å². The Bertz CT molecular complexity index is 620. The van der Waals surface area contributed by atoms with Crippen molar-refractivity contribution < 1.29 is 14.3 Å². The van der Waals surface area contributed by atoms with E-state index in [1.165, 1.54) is 0 Å². The topological polar surface area (TPSA) is 46.6 Å². The number of amides is 1. The lowest BCUT2D eigenvalue weighted by Crippen LogP contribution is -2.68. The number of rotatable bonds is 3. The van der Waals surface area contributed by atoms with Crippen LogP contribution in [-0.4, -0.2) is 36.2 Å². The largest absolute Gasteiger partial charge is 0.459 e. The molecule has 2 aliphatic heterocycles. The summed E-state index contributed by atoms with van der Waals surface area (Å²) in [6.07, 6.45) is 0. The van der Waals surface area contributed by atoms with Crippen LogP contribution in [0.3, 0.4) is 0 Å². The normalized spacial score (nSPS) is 28.0. The number of nitrogens with zero attached hydrogens (tertiary/aromatic N) is 1. The SMILES string of the molecule is CC1(C)S[C@H]2N(C(=O)C2(Br)Br)C1C(=O)OCc1ccccc1. The van der Waals surface area contributed by atoms with Gasteiger partial charge in [-0.1, -0.05) is 62.2 Å². The number of fused-ring (bicyclic) bond motifs is 1. The van der Waals surface area contributed by atoms with Gasteiger partial charge in [0.1, 0.15) is 18.0 Å². The summed E-state index contributed by atoms with van der Waals surface area (Å²) in [6, 6.07) is 8.96. The van der Waals surface area contributed by atoms with Crippen molar-refractivity contribution >= 4 is 55.5 Å². The average Bonchev–Trinajstić information content (AvgIpc) is 2.76. The zero-order chi connectivity index (χ0) is 16.1. The Morgan fingerprint density at radius 3 is 2.59 bits per heavy atom. The Morgan fingerprint density at radius 1 is 1.32 bits per heavy atom. The van der Waals surface area contributed by atoms with Gasteiger partial charge in [0, 0.05) is 4.75 Å². The Morgan fingerprint density at radius 2 is 1.95 bits per heavy atom. The molecule has 118 valence electrons. The Hall–Kier alpha value is -0.530. The minimum atomic E-state index is -0.767. The molecule has 0 saturated carbocycles. The first-order valence-corrected chi connectivity index (χ1v) is 9.30. The molecule has 0 aliphatic carbocycles. The second kappa shape index (κ2) is 5.53. The number of carbonyl (C=O) groups is 2. The smallest absolute Gasteiger partial charge is 0.330 e. The Labute approximate surface area is 150 Å². The molecule has 0 aromatic heterocycles. The lowest BCUT2D eigenvalue weighted by Gasteiger charge is -2.46. The van der Waals surface area contributed by atoms with Crippen molar-refractivity contribution in [2.45, 2.75) is 39.9 Å². The summed E-state index contributed by atoms with van der Waals surface area (Å²) >= 11 is 8.38. The number of hydrogen-bond acceptors (Lipinski definition) is 4. The number of ether oxygens (including phenoxy) is 1. The molecule has 1 aromatic rings. The lowest BCUT2D eigenvalue weighted by atomic mass is 9.98. The fourth-order valence-electron chi connectivity index (χ4n) is 2.77. The van der Waals surface area contributed by atoms with Crippen LogP contribution < -0.4 is 0 Å². The quantitative estimate of drug-likeness (QED) is 0.404. The second-order valence-corrected chi connectivity index (χ2v) is 11.2. The van der Waals surface area contributed by atoms with Crippen molar-refractivity contribution in [3.05, 3.63) is 35.9 Å². The van der Waals surface area contributed by atoms with Gasteiger partial charge in [-0.15, -0.1) is 11.8 Å². The molecular formula is C15H15Br2NO3S. The molecule has 0 spiro atoms. The molecular weight excluding hydrogens is 434 g/mol. The highest BCUT2D eigenvalue weighted by Gasteiger charge is 2.70. The number of β-lactam (4-membered cyclic amide) rings is 1. The van der Waals surface area contributed by atoms with Crippen LogP contribution in [0.25, 0.3) is 0 Å². The summed E-state index contributed by atoms with van der Waals surface area (Å²) in [6.45, 7) is 4.15. The molecule has 4 nitrogen and oxygen atoms in total. The van der Waals surface area contributed by atoms with Crippen LogP contribution >= 0.6 is 43.6 Å². The summed E-state index contributed by atoms with van der Waals surface area (Å²) in [5.74, 6) is -0.482. The third-order valence-electron chi connectivity index (χ3n) is 3.88. The van der Waals surface area contributed by atoms with Gasteiger partial charge in [-0.25, -0.2) is 4.79 Å². The van der Waals surface area contributed by atoms with Gasteiger partial charge < -0.3 is 9.64 Å². The highest BCUT2D eigenvalue weighted by molar-refractivity contribution is 9.26. The lowest BCUT2D eigenvalue weighted by molar-refractivity contribution is -0.162. The van der Waals surface area contributed by atoms with E-state index in [1.807, 2.05) is 44.2 Å². The minimum Gasteiger partial charge on any atom is -0.459 e. The average molecular weight is 449 g/mol. The highest BCUT2D eigenvalue weighted by atomic mass is 79.9. The van der Waals surface area contributed by atoms with Gasteiger partial charge in [0.2, 0.25) is 0 Å². The number of benzene rings is 1. The third-order valence-corrected chi connectivity index (χ3v) is 7.67. The standard InChI is InChI=1S/C15H15Br2NO3S/c1-14(2)10(18-12(20)15(16,17)13(18)22-14)11(19)21-8-9-6-4-3-5-7-9/h3-7,10,13H,8H2,1-2H3/t10?,13-/m1/s1. The van der Waals surface area contributed by atoms with E-state index < -0.39 is 14.0 Å². The van der Waals surface area contributed by atoms with E-state index in [-0.39, 0.29) is 23.9 Å². The molecule has 1 aromatic carbocycles. The molecule has 2 fully saturated rings. The van der Waals surface area contributed by atoms with Crippen molar-refractivity contribution in [2.24, 2.45) is 0 Å². The Balaban J connectivity index is 1.73. The number of hydrogen-bond donors (Lipinski definition) is 0. The molecule has 0 radical (unpaired) electrons. The maximum Gasteiger partial charge on any atom is 0.330 e. The molecule has 2 saturated heterocycles. The minimum absolute atomic E-state index is 0.107. The van der Waals surface area contributed by atoms with Gasteiger partial charge >= 0.3 is 5.97 Å². The summed E-state index contributed by atoms with van der Waals surface area (Å²) in [5.41, 5.74) is 0.932. The van der Waals surface area contributed by atoms with E-state index in [9.17, 15) is 9.59 Å². The maximum atomic E-state index is 12.5. The number of alkyl halides is 2. The first-order valence-electron chi connectivity index (χ1n) is 6.84. The zero-order valence-electron chi connectivity index (χ0n) is 12.1. The molecule has 2 atom stereocenters. The number of halogens is 2. The van der Waals surface area contributed by atoms with E-state index in [2.05, 4.69) is 31.9 Å². The summed E-state index contributed by atoms with van der Waals surface area (Å²) < 4.78 is 4.28. The van der Waals surface area contributed by atoms with Crippen LogP contribution in [-0.2, 0) is 20.9 Å². The first-order chi connectivity index (χ1) is 10.2. The number of carbonyl (C=O) groups excluding carboxylic acids is 2. The van der Waals surface area contributed by atoms with E-state index in [4.69, 9.17) is 4.74 Å². The monoisotopic (exact) mass is 447 g/mol. The maximum absolute atomic E-state index is 12.5. The molecule has 1 amide bonds. The van der Waals surface area contributed by atoms with E-state index in [1.54, 1.807) is 16.7 Å². The van der Waals surface area contributed by atoms with Crippen LogP contribution in [0.15, 0.2) is 30.3 Å². The van der Waals surface area contributed by atoms with Crippen LogP contribution in [0.4, 0.5) is 0 Å². The van der Waals surface area contributed by atoms with E-state index in [0.717, 1.165) is 5.56 Å². The van der Waals surface area contributed by atoms with Gasteiger partial charge in [0.05, 0.1) is 0 Å². The first kappa shape index (κ1) is 16.3.